The van der Waals surface area contributed by atoms with Gasteiger partial charge in [0.15, 0.2) is 16.8 Å². The molecule has 7 nitrogen and oxygen atoms in total. The molecule has 1 unspecified atom stereocenters. The molecule has 0 amide bonds. The van der Waals surface area contributed by atoms with Crippen molar-refractivity contribution in [2.75, 3.05) is 16.8 Å². The predicted molar refractivity (Wildman–Crippen MR) is 117 cm³/mol. The summed E-state index contributed by atoms with van der Waals surface area (Å²) >= 11 is 12.2. The first-order valence-corrected chi connectivity index (χ1v) is 10.6. The fourth-order valence-electron chi connectivity index (χ4n) is 3.16. The Morgan fingerprint density at radius 1 is 1.30 bits per heavy atom. The Balaban J connectivity index is 1.71. The van der Waals surface area contributed by atoms with E-state index in [0.717, 1.165) is 0 Å². The number of rotatable bonds is 5. The Bertz CT molecular complexity index is 1200. The van der Waals surface area contributed by atoms with E-state index in [9.17, 15) is 9.32 Å². The summed E-state index contributed by atoms with van der Waals surface area (Å²) in [6.07, 6.45) is 1.73. The van der Waals surface area contributed by atoms with Crippen LogP contribution in [-0.4, -0.2) is 26.5 Å². The smallest absolute Gasteiger partial charge is 0.155 e. The number of halogens is 3. The Hall–Kier alpha value is -2.59. The Labute approximate surface area is 183 Å². The van der Waals surface area contributed by atoms with Crippen LogP contribution >= 0.6 is 23.2 Å². The van der Waals surface area contributed by atoms with Gasteiger partial charge in [0.25, 0.3) is 0 Å². The van der Waals surface area contributed by atoms with E-state index >= 15 is 4.39 Å². The highest BCUT2D eigenvalue weighted by molar-refractivity contribution is 7.86. The van der Waals surface area contributed by atoms with Crippen LogP contribution in [0.15, 0.2) is 52.5 Å². The Morgan fingerprint density at radius 2 is 2.10 bits per heavy atom. The number of hydrogen-bond donors (Lipinski definition) is 4. The summed E-state index contributed by atoms with van der Waals surface area (Å²) in [7, 11) is -1.93. The first kappa shape index (κ1) is 20.7. The Morgan fingerprint density at radius 3 is 2.87 bits per heavy atom. The number of aliphatic imine (C=N–C) groups is 1. The van der Waals surface area contributed by atoms with E-state index in [1.807, 2.05) is 0 Å². The van der Waals surface area contributed by atoms with Crippen molar-refractivity contribution >= 4 is 45.7 Å². The van der Waals surface area contributed by atoms with Gasteiger partial charge in [-0.2, -0.15) is 0 Å². The average molecular weight is 468 g/mol. The average Bonchev–Trinajstić information content (AvgIpc) is 3.16. The van der Waals surface area contributed by atoms with Gasteiger partial charge in [0.1, 0.15) is 18.2 Å². The fraction of sp³-hybridized carbons (Fsp3) is 0.105. The molecule has 11 heteroatoms. The van der Waals surface area contributed by atoms with Gasteiger partial charge in [-0.1, -0.05) is 35.3 Å². The van der Waals surface area contributed by atoms with Crippen molar-refractivity contribution < 1.29 is 13.7 Å². The van der Waals surface area contributed by atoms with Crippen LogP contribution in [0.4, 0.5) is 10.1 Å². The summed E-state index contributed by atoms with van der Waals surface area (Å²) in [6.45, 7) is -0.0452. The summed E-state index contributed by atoms with van der Waals surface area (Å²) in [4.78, 5) is 4.27. The van der Waals surface area contributed by atoms with Crippen LogP contribution in [0.5, 0.6) is 0 Å². The first-order chi connectivity index (χ1) is 14.4. The molecule has 0 saturated carbocycles. The van der Waals surface area contributed by atoms with Gasteiger partial charge in [-0.05, 0) is 29.8 Å². The second-order valence-electron chi connectivity index (χ2n) is 6.38. The van der Waals surface area contributed by atoms with Crippen LogP contribution in [0.1, 0.15) is 11.3 Å². The maximum absolute atomic E-state index is 15.3. The van der Waals surface area contributed by atoms with Crippen molar-refractivity contribution in [1.82, 2.24) is 4.68 Å². The predicted octanol–water partition coefficient (Wildman–Crippen LogP) is 3.45. The number of aromatic nitrogens is 1. The molecular formula is C19H16Cl2FN5O2S. The second kappa shape index (κ2) is 8.27. The molecule has 5 N–H and O–H groups in total. The molecule has 0 aliphatic carbocycles. The third kappa shape index (κ3) is 3.65. The number of aliphatic hydroxyl groups excluding tert-OH is 1. The summed E-state index contributed by atoms with van der Waals surface area (Å²) in [5, 5.41) is 9.75. The van der Waals surface area contributed by atoms with Crippen molar-refractivity contribution in [1.29, 1.82) is 0 Å². The molecule has 1 aliphatic heterocycles. The zero-order valence-electron chi connectivity index (χ0n) is 15.3. The molecule has 0 fully saturated rings. The van der Waals surface area contributed by atoms with Crippen molar-refractivity contribution in [2.45, 2.75) is 11.5 Å². The van der Waals surface area contributed by atoms with E-state index in [0.29, 0.717) is 23.5 Å². The van der Waals surface area contributed by atoms with Gasteiger partial charge in [0, 0.05) is 22.3 Å². The quantitative estimate of drug-likeness (QED) is 0.461. The minimum absolute atomic E-state index is 0.00616. The molecule has 2 aromatic carbocycles. The molecule has 30 heavy (non-hydrogen) atoms. The Kier molecular flexibility index (Phi) is 5.70. The van der Waals surface area contributed by atoms with Gasteiger partial charge in [-0.3, -0.25) is 9.40 Å². The molecule has 2 heterocycles. The van der Waals surface area contributed by atoms with Crippen molar-refractivity contribution in [2.24, 2.45) is 10.7 Å². The number of nitrogens with two attached hydrogens (primary N) is 1. The van der Waals surface area contributed by atoms with E-state index in [1.54, 1.807) is 29.1 Å². The van der Waals surface area contributed by atoms with Crippen molar-refractivity contribution in [3.63, 3.8) is 0 Å². The molecule has 0 saturated heterocycles. The van der Waals surface area contributed by atoms with Crippen LogP contribution in [0.2, 0.25) is 10.0 Å². The fourth-order valence-corrected chi connectivity index (χ4v) is 4.84. The largest absolute Gasteiger partial charge is 0.392 e. The van der Waals surface area contributed by atoms with E-state index in [4.69, 9.17) is 28.9 Å². The highest BCUT2D eigenvalue weighted by Gasteiger charge is 2.22. The molecule has 4 rings (SSSR count). The molecule has 3 aromatic rings. The normalized spacial score (nSPS) is 13.9. The third-order valence-corrected chi connectivity index (χ3v) is 6.46. The minimum atomic E-state index is -1.93. The van der Waals surface area contributed by atoms with Gasteiger partial charge in [-0.25, -0.2) is 13.6 Å². The molecular weight excluding hydrogens is 452 g/mol. The lowest BCUT2D eigenvalue weighted by atomic mass is 10.0. The van der Waals surface area contributed by atoms with Gasteiger partial charge in [0.05, 0.1) is 22.2 Å². The van der Waals surface area contributed by atoms with E-state index in [-0.39, 0.29) is 38.6 Å². The topological polar surface area (TPSA) is 105 Å². The molecule has 0 spiro atoms. The highest BCUT2D eigenvalue weighted by atomic mass is 35.5. The van der Waals surface area contributed by atoms with Gasteiger partial charge in [0.2, 0.25) is 0 Å². The van der Waals surface area contributed by atoms with Gasteiger partial charge in [-0.15, -0.1) is 0 Å². The molecule has 0 bridgehead atoms. The number of fused-ring (bicyclic) bond motifs is 1. The van der Waals surface area contributed by atoms with Gasteiger partial charge >= 0.3 is 0 Å². The summed E-state index contributed by atoms with van der Waals surface area (Å²) < 4.78 is 32.5. The molecule has 156 valence electrons. The zero-order chi connectivity index (χ0) is 21.4. The number of nitrogens with one attached hydrogen (secondary N) is 2. The number of anilines is 1. The van der Waals surface area contributed by atoms with Crippen molar-refractivity contribution in [3.8, 4) is 11.1 Å². The third-order valence-electron chi connectivity index (χ3n) is 4.56. The van der Waals surface area contributed by atoms with Crippen LogP contribution < -0.4 is 15.9 Å². The molecule has 1 atom stereocenters. The molecule has 1 aromatic heterocycles. The van der Waals surface area contributed by atoms with E-state index in [2.05, 4.69) is 15.1 Å². The maximum Gasteiger partial charge on any atom is 0.155 e. The lowest BCUT2D eigenvalue weighted by Crippen LogP contribution is -2.30. The number of nitrogens with zero attached hydrogens (tertiary/aromatic N) is 2. The van der Waals surface area contributed by atoms with Crippen molar-refractivity contribution in [3.05, 3.63) is 69.7 Å². The van der Waals surface area contributed by atoms with E-state index < -0.39 is 16.8 Å². The second-order valence-corrected chi connectivity index (χ2v) is 8.38. The van der Waals surface area contributed by atoms with E-state index in [1.165, 1.54) is 18.2 Å². The maximum atomic E-state index is 15.3. The summed E-state index contributed by atoms with van der Waals surface area (Å²) in [5.41, 5.74) is 10.7. The van der Waals surface area contributed by atoms with Crippen LogP contribution in [0.3, 0.4) is 0 Å². The molecule has 0 radical (unpaired) electrons. The summed E-state index contributed by atoms with van der Waals surface area (Å²) in [6, 6.07) is 9.28. The minimum Gasteiger partial charge on any atom is -0.392 e. The first-order valence-electron chi connectivity index (χ1n) is 8.72. The lowest BCUT2D eigenvalue weighted by molar-refractivity contribution is 0.281. The van der Waals surface area contributed by atoms with Crippen LogP contribution in [-0.2, 0) is 17.6 Å². The number of aliphatic hydroxyl groups is 1. The number of benzene rings is 2. The van der Waals surface area contributed by atoms with Gasteiger partial charge < -0.3 is 16.3 Å². The zero-order valence-corrected chi connectivity index (χ0v) is 17.7. The number of amidine groups is 1. The summed E-state index contributed by atoms with van der Waals surface area (Å²) in [5.74, 6) is -0.323. The van der Waals surface area contributed by atoms with Crippen LogP contribution in [0, 0.1) is 5.82 Å². The standard InChI is InChI=1S/C19H16Cl2FN5O2S/c20-11-6-10(8-28)16(21)15(7-11)30(29)26-14-3-1-2-12(17(14)22)13-4-5-27-18(13)19(23)24-9-25-27/h1-7,25-26,28H,8-9H2,(H2,23,24). The highest BCUT2D eigenvalue weighted by Crippen LogP contribution is 2.33. The number of hydrogen-bond acceptors (Lipinski definition) is 5. The molecule has 1 aliphatic rings. The SMILES string of the molecule is NC1=NCNn2ccc(-c3cccc(NS(=O)c4cc(Cl)cc(CO)c4Cl)c3F)c21. The lowest BCUT2D eigenvalue weighted by Gasteiger charge is -2.17. The monoisotopic (exact) mass is 467 g/mol. The van der Waals surface area contributed by atoms with Crippen LogP contribution in [0.25, 0.3) is 11.1 Å².